The second-order valence-corrected chi connectivity index (χ2v) is 6.54. The molecule has 1 N–H and O–H groups in total. The van der Waals surface area contributed by atoms with E-state index < -0.39 is 0 Å². The molecule has 22 heavy (non-hydrogen) atoms. The summed E-state index contributed by atoms with van der Waals surface area (Å²) in [5, 5.41) is 6.02. The number of hydrogen-bond acceptors (Lipinski definition) is 4. The molecule has 0 spiro atoms. The van der Waals surface area contributed by atoms with Crippen molar-refractivity contribution in [2.24, 2.45) is 0 Å². The average molecular weight is 319 g/mol. The predicted molar refractivity (Wildman–Crippen MR) is 85.7 cm³/mol. The summed E-state index contributed by atoms with van der Waals surface area (Å²) in [6, 6.07) is 3.97. The minimum Gasteiger partial charge on any atom is -0.467 e. The number of nitrogens with zero attached hydrogens (tertiary/aromatic N) is 2. The van der Waals surface area contributed by atoms with Crippen molar-refractivity contribution in [3.05, 3.63) is 40.7 Å². The summed E-state index contributed by atoms with van der Waals surface area (Å²) in [5.74, 6) is 0.823. The van der Waals surface area contributed by atoms with Crippen LogP contribution in [0.3, 0.4) is 0 Å². The maximum atomic E-state index is 12.8. The summed E-state index contributed by atoms with van der Waals surface area (Å²) < 4.78 is 5.48. The van der Waals surface area contributed by atoms with Crippen molar-refractivity contribution in [1.29, 1.82) is 0 Å². The van der Waals surface area contributed by atoms with Crippen LogP contribution in [0.1, 0.15) is 56.0 Å². The molecule has 1 fully saturated rings. The van der Waals surface area contributed by atoms with Crippen LogP contribution in [0.15, 0.2) is 34.4 Å². The van der Waals surface area contributed by atoms with Gasteiger partial charge in [0.2, 0.25) is 0 Å². The Kier molecular flexibility index (Phi) is 4.47. The summed E-state index contributed by atoms with van der Waals surface area (Å²) in [5.41, 5.74) is 0. The highest BCUT2D eigenvalue weighted by Gasteiger charge is 2.38. The highest BCUT2D eigenvalue weighted by Crippen LogP contribution is 2.35. The van der Waals surface area contributed by atoms with Gasteiger partial charge in [0.1, 0.15) is 10.8 Å². The molecule has 0 aromatic carbocycles. The van der Waals surface area contributed by atoms with Crippen LogP contribution >= 0.6 is 11.3 Å². The summed E-state index contributed by atoms with van der Waals surface area (Å²) in [6.45, 7) is 4.07. The highest BCUT2D eigenvalue weighted by molar-refractivity contribution is 7.09. The Morgan fingerprint density at radius 2 is 2.41 bits per heavy atom. The SMILES string of the molecule is CC[C@@H](NC(=O)N(C1CC1)[C@@H](C)c1ccco1)c1nccs1. The molecule has 2 amide bonds. The molecule has 118 valence electrons. The molecule has 1 aliphatic carbocycles. The Labute approximate surface area is 134 Å². The van der Waals surface area contributed by atoms with E-state index in [0.717, 1.165) is 30.0 Å². The molecule has 2 aromatic heterocycles. The van der Waals surface area contributed by atoms with Gasteiger partial charge >= 0.3 is 6.03 Å². The minimum atomic E-state index is -0.0590. The van der Waals surface area contributed by atoms with E-state index in [4.69, 9.17) is 4.42 Å². The molecular formula is C16H21N3O2S. The molecule has 6 heteroatoms. The molecule has 0 unspecified atom stereocenters. The van der Waals surface area contributed by atoms with E-state index in [-0.39, 0.29) is 18.1 Å². The van der Waals surface area contributed by atoms with Gasteiger partial charge in [-0.2, -0.15) is 0 Å². The van der Waals surface area contributed by atoms with Crippen LogP contribution in [0.4, 0.5) is 4.79 Å². The molecule has 0 aliphatic heterocycles. The van der Waals surface area contributed by atoms with Gasteiger partial charge in [0.15, 0.2) is 0 Å². The molecule has 0 saturated heterocycles. The lowest BCUT2D eigenvalue weighted by Gasteiger charge is -2.30. The largest absolute Gasteiger partial charge is 0.467 e. The third-order valence-corrected chi connectivity index (χ3v) is 4.89. The van der Waals surface area contributed by atoms with Gasteiger partial charge in [0.05, 0.1) is 18.3 Å². The first-order valence-electron chi connectivity index (χ1n) is 7.72. The lowest BCUT2D eigenvalue weighted by atomic mass is 10.2. The highest BCUT2D eigenvalue weighted by atomic mass is 32.1. The van der Waals surface area contributed by atoms with Gasteiger partial charge in [-0.05, 0) is 38.3 Å². The standard InChI is InChI=1S/C16H21N3O2S/c1-3-13(15-17-8-10-22-15)18-16(20)19(12-6-7-12)11(2)14-5-4-9-21-14/h4-5,8-13H,3,6-7H2,1-2H3,(H,18,20)/t11-,13+/m0/s1. The van der Waals surface area contributed by atoms with E-state index in [1.165, 1.54) is 0 Å². The second kappa shape index (κ2) is 6.52. The summed E-state index contributed by atoms with van der Waals surface area (Å²) in [6.07, 6.45) is 6.38. The van der Waals surface area contributed by atoms with Gasteiger partial charge in [-0.3, -0.25) is 0 Å². The Balaban J connectivity index is 1.73. The number of hydrogen-bond donors (Lipinski definition) is 1. The van der Waals surface area contributed by atoms with E-state index in [0.29, 0.717) is 6.04 Å². The first-order chi connectivity index (χ1) is 10.7. The summed E-state index contributed by atoms with van der Waals surface area (Å²) in [4.78, 5) is 19.0. The van der Waals surface area contributed by atoms with Crippen molar-refractivity contribution in [3.8, 4) is 0 Å². The molecule has 5 nitrogen and oxygen atoms in total. The minimum absolute atomic E-state index is 0.0300. The fourth-order valence-electron chi connectivity index (χ4n) is 2.65. The Bertz CT molecular complexity index is 593. The summed E-state index contributed by atoms with van der Waals surface area (Å²) in [7, 11) is 0. The fourth-order valence-corrected chi connectivity index (χ4v) is 3.42. The molecule has 0 bridgehead atoms. The first-order valence-corrected chi connectivity index (χ1v) is 8.60. The van der Waals surface area contributed by atoms with Gasteiger partial charge in [-0.15, -0.1) is 11.3 Å². The Morgan fingerprint density at radius 3 is 2.95 bits per heavy atom. The monoisotopic (exact) mass is 319 g/mol. The zero-order valence-electron chi connectivity index (χ0n) is 12.9. The van der Waals surface area contributed by atoms with Crippen LogP contribution in [-0.2, 0) is 0 Å². The van der Waals surface area contributed by atoms with Crippen LogP contribution < -0.4 is 5.32 Å². The van der Waals surface area contributed by atoms with Crippen LogP contribution in [-0.4, -0.2) is 22.0 Å². The molecule has 2 atom stereocenters. The van der Waals surface area contributed by atoms with Gasteiger partial charge in [0, 0.05) is 17.6 Å². The van der Waals surface area contributed by atoms with Crippen molar-refractivity contribution < 1.29 is 9.21 Å². The molecule has 2 heterocycles. The number of urea groups is 1. The predicted octanol–water partition coefficient (Wildman–Crippen LogP) is 4.12. The van der Waals surface area contributed by atoms with E-state index in [9.17, 15) is 4.79 Å². The number of carbonyl (C=O) groups excluding carboxylic acids is 1. The molecule has 1 aliphatic rings. The molecule has 0 radical (unpaired) electrons. The topological polar surface area (TPSA) is 58.4 Å². The number of nitrogens with one attached hydrogen (secondary N) is 1. The van der Waals surface area contributed by atoms with E-state index in [1.54, 1.807) is 23.8 Å². The number of thiazole rings is 1. The van der Waals surface area contributed by atoms with Gasteiger partial charge in [0.25, 0.3) is 0 Å². The molecule has 2 aromatic rings. The van der Waals surface area contributed by atoms with Crippen LogP contribution in [0, 0.1) is 0 Å². The summed E-state index contributed by atoms with van der Waals surface area (Å²) >= 11 is 1.58. The van der Waals surface area contributed by atoms with E-state index in [1.807, 2.05) is 29.3 Å². The van der Waals surface area contributed by atoms with E-state index in [2.05, 4.69) is 17.2 Å². The molecule has 3 rings (SSSR count). The van der Waals surface area contributed by atoms with Gasteiger partial charge in [-0.25, -0.2) is 9.78 Å². The lowest BCUT2D eigenvalue weighted by molar-refractivity contribution is 0.162. The smallest absolute Gasteiger partial charge is 0.318 e. The van der Waals surface area contributed by atoms with E-state index >= 15 is 0 Å². The Morgan fingerprint density at radius 1 is 1.59 bits per heavy atom. The maximum absolute atomic E-state index is 12.8. The molecular weight excluding hydrogens is 298 g/mol. The van der Waals surface area contributed by atoms with Gasteiger partial charge in [-0.1, -0.05) is 6.92 Å². The third-order valence-electron chi connectivity index (χ3n) is 4.00. The lowest BCUT2D eigenvalue weighted by Crippen LogP contribution is -2.44. The van der Waals surface area contributed by atoms with Crippen molar-refractivity contribution >= 4 is 17.4 Å². The van der Waals surface area contributed by atoms with Crippen LogP contribution in [0.2, 0.25) is 0 Å². The normalized spacial score (nSPS) is 17.0. The van der Waals surface area contributed by atoms with Crippen molar-refractivity contribution in [3.63, 3.8) is 0 Å². The Hall–Kier alpha value is -1.82. The van der Waals surface area contributed by atoms with Gasteiger partial charge < -0.3 is 14.6 Å². The van der Waals surface area contributed by atoms with Crippen molar-refractivity contribution in [1.82, 2.24) is 15.2 Å². The first kappa shape index (κ1) is 15.1. The number of rotatable bonds is 6. The average Bonchev–Trinajstić information content (AvgIpc) is 3.01. The zero-order valence-corrected chi connectivity index (χ0v) is 13.7. The fraction of sp³-hybridized carbons (Fsp3) is 0.500. The maximum Gasteiger partial charge on any atom is 0.318 e. The quantitative estimate of drug-likeness (QED) is 0.871. The number of amides is 2. The molecule has 1 saturated carbocycles. The second-order valence-electron chi connectivity index (χ2n) is 5.61. The third kappa shape index (κ3) is 3.16. The number of furan rings is 1. The van der Waals surface area contributed by atoms with Crippen LogP contribution in [0.25, 0.3) is 0 Å². The number of carbonyl (C=O) groups is 1. The van der Waals surface area contributed by atoms with Crippen molar-refractivity contribution in [2.75, 3.05) is 0 Å². The van der Waals surface area contributed by atoms with Crippen LogP contribution in [0.5, 0.6) is 0 Å². The van der Waals surface area contributed by atoms with Crippen molar-refractivity contribution in [2.45, 2.75) is 51.2 Å². The number of aromatic nitrogens is 1. The zero-order chi connectivity index (χ0) is 15.5.